The van der Waals surface area contributed by atoms with Crippen LogP contribution >= 0.6 is 0 Å². The average molecular weight is 224 g/mol. The van der Waals surface area contributed by atoms with Crippen molar-refractivity contribution in [2.45, 2.75) is 52.0 Å². The molecule has 2 aliphatic rings. The summed E-state index contributed by atoms with van der Waals surface area (Å²) in [6, 6.07) is 0.734. The molecular weight excluding hydrogens is 200 g/mol. The second-order valence-electron chi connectivity index (χ2n) is 5.51. The van der Waals surface area contributed by atoms with E-state index in [0.717, 1.165) is 19.6 Å². The Morgan fingerprint density at radius 1 is 1.06 bits per heavy atom. The molecule has 0 saturated carbocycles. The molecule has 0 aliphatic carbocycles. The van der Waals surface area contributed by atoms with E-state index in [1.54, 1.807) is 0 Å². The standard InChI is InChI=1S/C13H24N2O/c1-11-6-5-8-14(10-11)13(16)15-9-4-3-7-12(15)2/h11-12H,3-10H2,1-2H3. The first-order valence-electron chi connectivity index (χ1n) is 6.74. The Hall–Kier alpha value is -0.730. The molecule has 0 bridgehead atoms. The molecule has 0 spiro atoms. The smallest absolute Gasteiger partial charge is 0.320 e. The van der Waals surface area contributed by atoms with E-state index in [1.165, 1.54) is 32.1 Å². The third-order valence-electron chi connectivity index (χ3n) is 3.98. The number of likely N-dealkylation sites (tertiary alicyclic amines) is 2. The maximum atomic E-state index is 12.4. The summed E-state index contributed by atoms with van der Waals surface area (Å²) in [7, 11) is 0. The zero-order valence-electron chi connectivity index (χ0n) is 10.6. The van der Waals surface area contributed by atoms with Crippen LogP contribution in [-0.4, -0.2) is 41.5 Å². The molecule has 16 heavy (non-hydrogen) atoms. The quantitative estimate of drug-likeness (QED) is 0.620. The molecule has 2 atom stereocenters. The lowest BCUT2D eigenvalue weighted by Crippen LogP contribution is -2.51. The number of hydrogen-bond acceptors (Lipinski definition) is 1. The summed E-state index contributed by atoms with van der Waals surface area (Å²) >= 11 is 0. The topological polar surface area (TPSA) is 23.6 Å². The first-order chi connectivity index (χ1) is 7.68. The van der Waals surface area contributed by atoms with Crippen molar-refractivity contribution in [2.24, 2.45) is 5.92 Å². The van der Waals surface area contributed by atoms with Gasteiger partial charge in [-0.15, -0.1) is 0 Å². The highest BCUT2D eigenvalue weighted by molar-refractivity contribution is 5.75. The van der Waals surface area contributed by atoms with Crippen molar-refractivity contribution in [1.29, 1.82) is 0 Å². The zero-order valence-corrected chi connectivity index (χ0v) is 10.6. The minimum absolute atomic E-state index is 0.291. The van der Waals surface area contributed by atoms with Gasteiger partial charge in [0.2, 0.25) is 0 Å². The molecule has 2 saturated heterocycles. The first-order valence-corrected chi connectivity index (χ1v) is 6.74. The highest BCUT2D eigenvalue weighted by Gasteiger charge is 2.29. The van der Waals surface area contributed by atoms with E-state index in [9.17, 15) is 4.79 Å². The predicted molar refractivity (Wildman–Crippen MR) is 65.4 cm³/mol. The minimum atomic E-state index is 0.291. The largest absolute Gasteiger partial charge is 0.324 e. The summed E-state index contributed by atoms with van der Waals surface area (Å²) in [5.41, 5.74) is 0. The molecule has 0 N–H and O–H groups in total. The van der Waals surface area contributed by atoms with Crippen LogP contribution in [0.5, 0.6) is 0 Å². The molecule has 0 radical (unpaired) electrons. The van der Waals surface area contributed by atoms with Crippen LogP contribution in [0.25, 0.3) is 0 Å². The minimum Gasteiger partial charge on any atom is -0.324 e. The maximum absolute atomic E-state index is 12.4. The summed E-state index contributed by atoms with van der Waals surface area (Å²) in [6.07, 6.45) is 6.09. The highest BCUT2D eigenvalue weighted by atomic mass is 16.2. The summed E-state index contributed by atoms with van der Waals surface area (Å²) < 4.78 is 0. The van der Waals surface area contributed by atoms with Crippen molar-refractivity contribution >= 4 is 6.03 Å². The van der Waals surface area contributed by atoms with Gasteiger partial charge in [0.1, 0.15) is 0 Å². The van der Waals surface area contributed by atoms with Crippen LogP contribution in [0.2, 0.25) is 0 Å². The number of carbonyl (C=O) groups is 1. The molecule has 0 aromatic rings. The lowest BCUT2D eigenvalue weighted by molar-refractivity contribution is 0.105. The van der Waals surface area contributed by atoms with Crippen molar-refractivity contribution in [3.05, 3.63) is 0 Å². The van der Waals surface area contributed by atoms with E-state index >= 15 is 0 Å². The van der Waals surface area contributed by atoms with E-state index in [-0.39, 0.29) is 0 Å². The second kappa shape index (κ2) is 5.07. The van der Waals surface area contributed by atoms with Crippen molar-refractivity contribution < 1.29 is 4.79 Å². The van der Waals surface area contributed by atoms with Gasteiger partial charge in [-0.3, -0.25) is 0 Å². The van der Waals surface area contributed by atoms with Gasteiger partial charge in [-0.2, -0.15) is 0 Å². The van der Waals surface area contributed by atoms with E-state index < -0.39 is 0 Å². The Labute approximate surface area is 98.8 Å². The van der Waals surface area contributed by atoms with Gasteiger partial charge in [-0.1, -0.05) is 6.92 Å². The molecule has 2 heterocycles. The Morgan fingerprint density at radius 3 is 2.56 bits per heavy atom. The summed E-state index contributed by atoms with van der Waals surface area (Å²) in [5, 5.41) is 0. The van der Waals surface area contributed by atoms with E-state index in [0.29, 0.717) is 18.0 Å². The lowest BCUT2D eigenvalue weighted by atomic mass is 10.00. The lowest BCUT2D eigenvalue weighted by Gasteiger charge is -2.40. The van der Waals surface area contributed by atoms with Crippen LogP contribution in [0.4, 0.5) is 4.79 Å². The monoisotopic (exact) mass is 224 g/mol. The predicted octanol–water partition coefficient (Wildman–Crippen LogP) is 2.71. The summed E-state index contributed by atoms with van der Waals surface area (Å²) in [6.45, 7) is 7.32. The van der Waals surface area contributed by atoms with Gasteiger partial charge in [-0.25, -0.2) is 4.79 Å². The number of nitrogens with zero attached hydrogens (tertiary/aromatic N) is 2. The fourth-order valence-corrected chi connectivity index (χ4v) is 2.93. The van der Waals surface area contributed by atoms with Crippen molar-refractivity contribution in [2.75, 3.05) is 19.6 Å². The van der Waals surface area contributed by atoms with Gasteiger partial charge >= 0.3 is 6.03 Å². The molecular formula is C13H24N2O. The van der Waals surface area contributed by atoms with Gasteiger partial charge in [0.05, 0.1) is 0 Å². The van der Waals surface area contributed by atoms with Crippen LogP contribution in [0, 0.1) is 5.92 Å². The van der Waals surface area contributed by atoms with Crippen LogP contribution in [-0.2, 0) is 0 Å². The average Bonchev–Trinajstić information content (AvgIpc) is 2.29. The van der Waals surface area contributed by atoms with Crippen molar-refractivity contribution in [1.82, 2.24) is 9.80 Å². The first kappa shape index (κ1) is 11.7. The van der Waals surface area contributed by atoms with Gasteiger partial charge in [-0.05, 0) is 44.9 Å². The Morgan fingerprint density at radius 2 is 1.88 bits per heavy atom. The molecule has 2 aliphatic heterocycles. The van der Waals surface area contributed by atoms with Gasteiger partial charge in [0.25, 0.3) is 0 Å². The molecule has 3 nitrogen and oxygen atoms in total. The highest BCUT2D eigenvalue weighted by Crippen LogP contribution is 2.21. The second-order valence-corrected chi connectivity index (χ2v) is 5.51. The number of amides is 2. The van der Waals surface area contributed by atoms with Crippen molar-refractivity contribution in [3.8, 4) is 0 Å². The maximum Gasteiger partial charge on any atom is 0.320 e. The third-order valence-corrected chi connectivity index (χ3v) is 3.98. The molecule has 3 heteroatoms. The summed E-state index contributed by atoms with van der Waals surface area (Å²) in [4.78, 5) is 16.5. The van der Waals surface area contributed by atoms with Crippen LogP contribution < -0.4 is 0 Å². The number of rotatable bonds is 0. The Kier molecular flexibility index (Phi) is 3.72. The van der Waals surface area contributed by atoms with Gasteiger partial charge < -0.3 is 9.80 Å². The molecule has 2 amide bonds. The van der Waals surface area contributed by atoms with E-state index in [4.69, 9.17) is 0 Å². The fourth-order valence-electron chi connectivity index (χ4n) is 2.93. The number of piperidine rings is 2. The Balaban J connectivity index is 1.94. The molecule has 2 rings (SSSR count). The van der Waals surface area contributed by atoms with Crippen molar-refractivity contribution in [3.63, 3.8) is 0 Å². The van der Waals surface area contributed by atoms with Gasteiger partial charge in [0.15, 0.2) is 0 Å². The summed E-state index contributed by atoms with van der Waals surface area (Å²) in [5.74, 6) is 0.679. The van der Waals surface area contributed by atoms with Crippen LogP contribution in [0.3, 0.4) is 0 Å². The number of carbonyl (C=O) groups excluding carboxylic acids is 1. The fraction of sp³-hybridized carbons (Fsp3) is 0.923. The van der Waals surface area contributed by atoms with Crippen LogP contribution in [0.1, 0.15) is 46.0 Å². The Bertz CT molecular complexity index is 254. The molecule has 92 valence electrons. The van der Waals surface area contributed by atoms with Gasteiger partial charge in [0, 0.05) is 25.7 Å². The third kappa shape index (κ3) is 2.50. The molecule has 2 fully saturated rings. The SMILES string of the molecule is CC1CCCN(C(=O)N2CCCCC2C)C1. The van der Waals surface area contributed by atoms with E-state index in [2.05, 4.69) is 23.6 Å². The normalized spacial score (nSPS) is 31.6. The molecule has 0 aromatic carbocycles. The molecule has 0 aromatic heterocycles. The van der Waals surface area contributed by atoms with E-state index in [1.807, 2.05) is 0 Å². The number of hydrogen-bond donors (Lipinski definition) is 0. The molecule has 2 unspecified atom stereocenters. The number of urea groups is 1. The zero-order chi connectivity index (χ0) is 11.5. The van der Waals surface area contributed by atoms with Crippen LogP contribution in [0.15, 0.2) is 0 Å².